The molecule has 0 atom stereocenters. The Morgan fingerprint density at radius 2 is 1.82 bits per heavy atom. The summed E-state index contributed by atoms with van der Waals surface area (Å²) in [5, 5.41) is 0. The number of ether oxygens (including phenoxy) is 2. The normalized spacial score (nSPS) is 24.5. The van der Waals surface area contributed by atoms with Crippen molar-refractivity contribution in [2.24, 2.45) is 0 Å². The van der Waals surface area contributed by atoms with Gasteiger partial charge in [-0.15, -0.1) is 0 Å². The van der Waals surface area contributed by atoms with Crippen LogP contribution in [0.5, 0.6) is 0 Å². The van der Waals surface area contributed by atoms with Gasteiger partial charge in [0.25, 0.3) is 0 Å². The van der Waals surface area contributed by atoms with E-state index in [1.165, 1.54) is 12.8 Å². The fourth-order valence-electron chi connectivity index (χ4n) is 2.42. The van der Waals surface area contributed by atoms with Crippen molar-refractivity contribution in [3.8, 4) is 0 Å². The Hall–Kier alpha value is -0.610. The highest BCUT2D eigenvalue weighted by Gasteiger charge is 2.19. The van der Waals surface area contributed by atoms with Crippen molar-refractivity contribution in [3.63, 3.8) is 0 Å². The van der Waals surface area contributed by atoms with E-state index in [0.717, 1.165) is 52.0 Å². The van der Waals surface area contributed by atoms with Crippen LogP contribution >= 0.6 is 0 Å². The van der Waals surface area contributed by atoms with Gasteiger partial charge in [0.1, 0.15) is 0 Å². The van der Waals surface area contributed by atoms with E-state index >= 15 is 0 Å². The quantitative estimate of drug-likeness (QED) is 0.758. The molecule has 0 spiro atoms. The van der Waals surface area contributed by atoms with E-state index in [1.54, 1.807) is 0 Å². The Morgan fingerprint density at radius 3 is 2.65 bits per heavy atom. The van der Waals surface area contributed by atoms with Crippen molar-refractivity contribution < 1.29 is 14.3 Å². The van der Waals surface area contributed by atoms with Crippen molar-refractivity contribution in [2.45, 2.75) is 51.2 Å². The minimum Gasteiger partial charge on any atom is -0.353 e. The summed E-state index contributed by atoms with van der Waals surface area (Å²) >= 11 is 0. The fourth-order valence-corrected chi connectivity index (χ4v) is 2.42. The summed E-state index contributed by atoms with van der Waals surface area (Å²) in [5.74, 6) is 0.306. The molecule has 4 nitrogen and oxygen atoms in total. The van der Waals surface area contributed by atoms with Crippen LogP contribution in [0.2, 0.25) is 0 Å². The summed E-state index contributed by atoms with van der Waals surface area (Å²) < 4.78 is 11.0. The zero-order chi connectivity index (χ0) is 11.9. The molecule has 2 fully saturated rings. The van der Waals surface area contributed by atoms with Gasteiger partial charge in [-0.1, -0.05) is 12.8 Å². The highest BCUT2D eigenvalue weighted by atomic mass is 16.7. The molecule has 0 saturated carbocycles. The zero-order valence-corrected chi connectivity index (χ0v) is 10.5. The molecule has 0 unspecified atom stereocenters. The van der Waals surface area contributed by atoms with E-state index in [-0.39, 0.29) is 6.29 Å². The maximum atomic E-state index is 11.9. The van der Waals surface area contributed by atoms with Crippen LogP contribution in [0.3, 0.4) is 0 Å². The highest BCUT2D eigenvalue weighted by molar-refractivity contribution is 5.76. The lowest BCUT2D eigenvalue weighted by Crippen LogP contribution is -2.37. The summed E-state index contributed by atoms with van der Waals surface area (Å²) in [6.45, 7) is 3.27. The van der Waals surface area contributed by atoms with Crippen molar-refractivity contribution in [1.82, 2.24) is 4.90 Å². The predicted octanol–water partition coefficient (Wildman–Crippen LogP) is 1.93. The van der Waals surface area contributed by atoms with E-state index in [2.05, 4.69) is 0 Å². The number of rotatable bonds is 3. The van der Waals surface area contributed by atoms with E-state index in [9.17, 15) is 4.79 Å². The second kappa shape index (κ2) is 6.97. The molecule has 0 aliphatic carbocycles. The summed E-state index contributed by atoms with van der Waals surface area (Å²) in [7, 11) is 0. The third kappa shape index (κ3) is 4.28. The Morgan fingerprint density at radius 1 is 1.06 bits per heavy atom. The first-order valence-electron chi connectivity index (χ1n) is 6.87. The van der Waals surface area contributed by atoms with E-state index < -0.39 is 0 Å². The second-order valence-electron chi connectivity index (χ2n) is 4.86. The fraction of sp³-hybridized carbons (Fsp3) is 0.923. The number of likely N-dealkylation sites (tertiary alicyclic amines) is 1. The SMILES string of the molecule is O=C1CCCCCCN1CCC1OCCCO1. The first-order chi connectivity index (χ1) is 8.36. The second-order valence-corrected chi connectivity index (χ2v) is 4.86. The minimum absolute atomic E-state index is 0.0954. The summed E-state index contributed by atoms with van der Waals surface area (Å²) in [5.41, 5.74) is 0. The molecule has 0 aromatic carbocycles. The van der Waals surface area contributed by atoms with Gasteiger partial charge in [0, 0.05) is 25.9 Å². The molecule has 0 aromatic heterocycles. The van der Waals surface area contributed by atoms with Crippen LogP contribution < -0.4 is 0 Å². The van der Waals surface area contributed by atoms with Gasteiger partial charge in [0.15, 0.2) is 6.29 Å². The first-order valence-corrected chi connectivity index (χ1v) is 6.87. The van der Waals surface area contributed by atoms with Crippen LogP contribution in [0.1, 0.15) is 44.9 Å². The van der Waals surface area contributed by atoms with E-state index in [4.69, 9.17) is 9.47 Å². The molecule has 98 valence electrons. The Kier molecular flexibility index (Phi) is 5.26. The standard InChI is InChI=1S/C13H23NO3/c15-12-6-3-1-2-4-8-14(12)9-7-13-16-10-5-11-17-13/h13H,1-11H2. The van der Waals surface area contributed by atoms with Gasteiger partial charge < -0.3 is 14.4 Å². The molecule has 2 rings (SSSR count). The Labute approximate surface area is 103 Å². The maximum absolute atomic E-state index is 11.9. The topological polar surface area (TPSA) is 38.8 Å². The number of carbonyl (C=O) groups is 1. The minimum atomic E-state index is -0.0954. The molecule has 2 aliphatic rings. The van der Waals surface area contributed by atoms with Gasteiger partial charge in [0.05, 0.1) is 13.2 Å². The average Bonchev–Trinajstić information content (AvgIpc) is 2.35. The predicted molar refractivity (Wildman–Crippen MR) is 64.6 cm³/mol. The molecule has 2 saturated heterocycles. The number of carbonyl (C=O) groups excluding carboxylic acids is 1. The highest BCUT2D eigenvalue weighted by Crippen LogP contribution is 2.14. The molecule has 17 heavy (non-hydrogen) atoms. The number of amides is 1. The van der Waals surface area contributed by atoms with Crippen molar-refractivity contribution in [1.29, 1.82) is 0 Å². The van der Waals surface area contributed by atoms with Gasteiger partial charge >= 0.3 is 0 Å². The summed E-state index contributed by atoms with van der Waals surface area (Å²) in [4.78, 5) is 13.9. The number of hydrogen-bond acceptors (Lipinski definition) is 3. The van der Waals surface area contributed by atoms with Crippen molar-refractivity contribution >= 4 is 5.91 Å². The zero-order valence-electron chi connectivity index (χ0n) is 10.5. The van der Waals surface area contributed by atoms with E-state index in [0.29, 0.717) is 12.3 Å². The smallest absolute Gasteiger partial charge is 0.222 e. The lowest BCUT2D eigenvalue weighted by molar-refractivity contribution is -0.183. The molecular formula is C13H23NO3. The summed E-state index contributed by atoms with van der Waals surface area (Å²) in [6.07, 6.45) is 7.05. The van der Waals surface area contributed by atoms with Crippen molar-refractivity contribution in [3.05, 3.63) is 0 Å². The lowest BCUT2D eigenvalue weighted by Gasteiger charge is -2.28. The van der Waals surface area contributed by atoms with Crippen molar-refractivity contribution in [2.75, 3.05) is 26.3 Å². The molecule has 0 bridgehead atoms. The Bertz CT molecular complexity index is 239. The molecule has 0 N–H and O–H groups in total. The van der Waals surface area contributed by atoms with Crippen LogP contribution in [0.4, 0.5) is 0 Å². The van der Waals surface area contributed by atoms with Crippen LogP contribution in [0, 0.1) is 0 Å². The largest absolute Gasteiger partial charge is 0.353 e. The molecule has 0 aromatic rings. The molecule has 1 amide bonds. The molecule has 4 heteroatoms. The van der Waals surface area contributed by atoms with Gasteiger partial charge in [-0.05, 0) is 19.3 Å². The third-order valence-corrected chi connectivity index (χ3v) is 3.45. The van der Waals surface area contributed by atoms with Gasteiger partial charge in [-0.2, -0.15) is 0 Å². The van der Waals surface area contributed by atoms with Crippen LogP contribution in [0.25, 0.3) is 0 Å². The third-order valence-electron chi connectivity index (χ3n) is 3.45. The average molecular weight is 241 g/mol. The first kappa shape index (κ1) is 12.8. The monoisotopic (exact) mass is 241 g/mol. The lowest BCUT2D eigenvalue weighted by atomic mass is 10.1. The Balaban J connectivity index is 1.73. The molecular weight excluding hydrogens is 218 g/mol. The van der Waals surface area contributed by atoms with E-state index in [1.807, 2.05) is 4.90 Å². The van der Waals surface area contributed by atoms with Crippen LogP contribution in [0.15, 0.2) is 0 Å². The maximum Gasteiger partial charge on any atom is 0.222 e. The van der Waals surface area contributed by atoms with Crippen LogP contribution in [-0.4, -0.2) is 43.4 Å². The summed E-state index contributed by atoms with van der Waals surface area (Å²) in [6, 6.07) is 0. The van der Waals surface area contributed by atoms with Crippen LogP contribution in [-0.2, 0) is 14.3 Å². The molecule has 2 aliphatic heterocycles. The van der Waals surface area contributed by atoms with Gasteiger partial charge in [0.2, 0.25) is 5.91 Å². The molecule has 2 heterocycles. The number of hydrogen-bond donors (Lipinski definition) is 0. The molecule has 0 radical (unpaired) electrons. The number of nitrogens with zero attached hydrogens (tertiary/aromatic N) is 1. The van der Waals surface area contributed by atoms with Gasteiger partial charge in [-0.25, -0.2) is 0 Å². The van der Waals surface area contributed by atoms with Gasteiger partial charge in [-0.3, -0.25) is 4.79 Å².